The zero-order valence-corrected chi connectivity index (χ0v) is 15.7. The summed E-state index contributed by atoms with van der Waals surface area (Å²) in [5.74, 6) is 1.83. The van der Waals surface area contributed by atoms with Gasteiger partial charge in [0.2, 0.25) is 0 Å². The van der Waals surface area contributed by atoms with Crippen molar-refractivity contribution in [1.82, 2.24) is 24.7 Å². The zero-order chi connectivity index (χ0) is 17.4. The molecule has 1 saturated carbocycles. The summed E-state index contributed by atoms with van der Waals surface area (Å²) in [4.78, 5) is 2.71. The number of hydrogen-bond donors (Lipinski definition) is 1. The van der Waals surface area contributed by atoms with E-state index >= 15 is 0 Å². The van der Waals surface area contributed by atoms with Gasteiger partial charge < -0.3 is 10.2 Å². The molecule has 0 amide bonds. The second-order valence-corrected chi connectivity index (χ2v) is 8.66. The van der Waals surface area contributed by atoms with Gasteiger partial charge in [0, 0.05) is 30.6 Å². The highest BCUT2D eigenvalue weighted by molar-refractivity contribution is 5.45. The molecule has 0 bridgehead atoms. The lowest BCUT2D eigenvalue weighted by molar-refractivity contribution is 0.159. The lowest BCUT2D eigenvalue weighted by atomic mass is 9.96. The minimum absolute atomic E-state index is 0.0718. The number of anilines is 1. The molecule has 2 aliphatic rings. The second kappa shape index (κ2) is 6.56. The molecule has 1 N–H and O–H groups in total. The van der Waals surface area contributed by atoms with E-state index in [1.165, 1.54) is 51.6 Å². The van der Waals surface area contributed by atoms with Gasteiger partial charge in [-0.25, -0.2) is 0 Å². The van der Waals surface area contributed by atoms with Crippen LogP contribution in [0.5, 0.6) is 0 Å². The number of rotatable bonds is 3. The van der Waals surface area contributed by atoms with Crippen LogP contribution in [0, 0.1) is 0 Å². The first-order chi connectivity index (χ1) is 12.0. The van der Waals surface area contributed by atoms with Crippen molar-refractivity contribution in [2.45, 2.75) is 76.8 Å². The Morgan fingerprint density at radius 2 is 1.72 bits per heavy atom. The van der Waals surface area contributed by atoms with Crippen molar-refractivity contribution in [2.24, 2.45) is 0 Å². The first kappa shape index (κ1) is 16.8. The zero-order valence-electron chi connectivity index (χ0n) is 15.7. The van der Waals surface area contributed by atoms with Crippen molar-refractivity contribution in [1.29, 1.82) is 0 Å². The van der Waals surface area contributed by atoms with Gasteiger partial charge in [0.25, 0.3) is 0 Å². The summed E-state index contributed by atoms with van der Waals surface area (Å²) in [5, 5.41) is 17.0. The summed E-state index contributed by atoms with van der Waals surface area (Å²) in [6, 6.07) is 5.39. The highest BCUT2D eigenvalue weighted by atomic mass is 15.4. The van der Waals surface area contributed by atoms with E-state index in [4.69, 9.17) is 5.10 Å². The van der Waals surface area contributed by atoms with Gasteiger partial charge in [-0.05, 0) is 37.8 Å². The molecule has 2 fully saturated rings. The van der Waals surface area contributed by atoms with E-state index in [9.17, 15) is 0 Å². The lowest BCUT2D eigenvalue weighted by Crippen LogP contribution is -2.43. The van der Waals surface area contributed by atoms with E-state index in [0.717, 1.165) is 23.3 Å². The highest BCUT2D eigenvalue weighted by Gasteiger charge is 2.27. The molecule has 1 aliphatic carbocycles. The maximum Gasteiger partial charge on any atom is 0.178 e. The van der Waals surface area contributed by atoms with Crippen LogP contribution in [0.25, 0.3) is 5.65 Å². The maximum absolute atomic E-state index is 4.76. The van der Waals surface area contributed by atoms with Crippen molar-refractivity contribution < 1.29 is 0 Å². The van der Waals surface area contributed by atoms with Crippen LogP contribution < -0.4 is 5.32 Å². The molecule has 6 nitrogen and oxygen atoms in total. The third kappa shape index (κ3) is 3.50. The average molecular weight is 342 g/mol. The molecule has 6 heteroatoms. The first-order valence-corrected chi connectivity index (χ1v) is 9.74. The number of aromatic nitrogens is 4. The number of fused-ring (bicyclic) bond motifs is 1. The molecular weight excluding hydrogens is 312 g/mol. The lowest BCUT2D eigenvalue weighted by Gasteiger charge is -2.36. The van der Waals surface area contributed by atoms with Crippen molar-refractivity contribution in [3.8, 4) is 0 Å². The van der Waals surface area contributed by atoms with Gasteiger partial charge in [0.05, 0.1) is 0 Å². The Labute approximate surface area is 150 Å². The molecule has 136 valence electrons. The van der Waals surface area contributed by atoms with Crippen molar-refractivity contribution in [3.05, 3.63) is 18.0 Å². The fraction of sp³-hybridized carbons (Fsp3) is 0.737. The topological polar surface area (TPSA) is 58.4 Å². The fourth-order valence-corrected chi connectivity index (χ4v) is 4.22. The van der Waals surface area contributed by atoms with Crippen LogP contribution in [0.3, 0.4) is 0 Å². The van der Waals surface area contributed by atoms with Gasteiger partial charge in [-0.1, -0.05) is 33.6 Å². The van der Waals surface area contributed by atoms with Gasteiger partial charge in [-0.2, -0.15) is 4.52 Å². The number of nitrogens with zero attached hydrogens (tertiary/aromatic N) is 5. The molecule has 1 aliphatic heterocycles. The van der Waals surface area contributed by atoms with Crippen LogP contribution in [0.2, 0.25) is 0 Å². The van der Waals surface area contributed by atoms with Gasteiger partial charge in [-0.15, -0.1) is 15.3 Å². The summed E-state index contributed by atoms with van der Waals surface area (Å²) in [6.45, 7) is 8.85. The Hall–Kier alpha value is -1.69. The van der Waals surface area contributed by atoms with Crippen LogP contribution in [-0.2, 0) is 5.41 Å². The molecule has 0 radical (unpaired) electrons. The molecule has 1 saturated heterocycles. The van der Waals surface area contributed by atoms with Crippen LogP contribution in [0.4, 0.5) is 5.82 Å². The minimum Gasteiger partial charge on any atom is -0.366 e. The first-order valence-electron chi connectivity index (χ1n) is 9.74. The predicted molar refractivity (Wildman–Crippen MR) is 100.0 cm³/mol. The molecular formula is C19H30N6. The molecule has 0 spiro atoms. The third-order valence-corrected chi connectivity index (χ3v) is 5.66. The number of nitrogens with one attached hydrogen (secondary N) is 1. The molecule has 3 heterocycles. The Morgan fingerprint density at radius 3 is 2.40 bits per heavy atom. The standard InChI is InChI=1S/C19H30N6/c1-19(2,3)18-22-21-17-9-8-16(23-25(17)18)20-14-10-12-24(13-11-14)15-6-4-5-7-15/h8-9,14-15H,4-7,10-13H2,1-3H3,(H,20,23). The van der Waals surface area contributed by atoms with E-state index < -0.39 is 0 Å². The molecule has 2 aromatic rings. The van der Waals surface area contributed by atoms with Gasteiger partial charge in [0.1, 0.15) is 5.82 Å². The van der Waals surface area contributed by atoms with Crippen LogP contribution in [-0.4, -0.2) is 49.9 Å². The SMILES string of the molecule is CC(C)(C)c1nnc2ccc(NC3CCN(C4CCCC4)CC3)nn12. The fourth-order valence-electron chi connectivity index (χ4n) is 4.22. The van der Waals surface area contributed by atoms with Gasteiger partial charge in [0.15, 0.2) is 11.5 Å². The van der Waals surface area contributed by atoms with Gasteiger partial charge in [-0.3, -0.25) is 0 Å². The molecule has 0 aromatic carbocycles. The smallest absolute Gasteiger partial charge is 0.178 e. The van der Waals surface area contributed by atoms with E-state index in [0.29, 0.717) is 6.04 Å². The van der Waals surface area contributed by atoms with Crippen LogP contribution in [0.1, 0.15) is 65.1 Å². The quantitative estimate of drug-likeness (QED) is 0.928. The summed E-state index contributed by atoms with van der Waals surface area (Å²) < 4.78 is 1.88. The molecule has 0 unspecified atom stereocenters. The summed E-state index contributed by atoms with van der Waals surface area (Å²) in [5.41, 5.74) is 0.740. The normalized spacial score (nSPS) is 21.2. The monoisotopic (exact) mass is 342 g/mol. The van der Waals surface area contributed by atoms with E-state index in [1.54, 1.807) is 0 Å². The molecule has 4 rings (SSSR count). The summed E-state index contributed by atoms with van der Waals surface area (Å²) >= 11 is 0. The van der Waals surface area contributed by atoms with Crippen molar-refractivity contribution in [2.75, 3.05) is 18.4 Å². The van der Waals surface area contributed by atoms with E-state index in [2.05, 4.69) is 41.2 Å². The maximum atomic E-state index is 4.76. The van der Waals surface area contributed by atoms with E-state index in [1.807, 2.05) is 16.6 Å². The van der Waals surface area contributed by atoms with Crippen molar-refractivity contribution in [3.63, 3.8) is 0 Å². The minimum atomic E-state index is -0.0718. The average Bonchev–Trinajstić information content (AvgIpc) is 3.24. The Bertz CT molecular complexity index is 717. The molecule has 25 heavy (non-hydrogen) atoms. The molecule has 0 atom stereocenters. The Morgan fingerprint density at radius 1 is 1.00 bits per heavy atom. The van der Waals surface area contributed by atoms with Crippen LogP contribution >= 0.6 is 0 Å². The number of hydrogen-bond acceptors (Lipinski definition) is 5. The van der Waals surface area contributed by atoms with Gasteiger partial charge >= 0.3 is 0 Å². The highest BCUT2D eigenvalue weighted by Crippen LogP contribution is 2.27. The third-order valence-electron chi connectivity index (χ3n) is 5.66. The Balaban J connectivity index is 1.43. The summed E-state index contributed by atoms with van der Waals surface area (Å²) in [6.07, 6.45) is 8.04. The Kier molecular flexibility index (Phi) is 4.40. The number of piperidine rings is 1. The van der Waals surface area contributed by atoms with Crippen molar-refractivity contribution >= 4 is 11.5 Å². The molecule has 2 aromatic heterocycles. The number of likely N-dealkylation sites (tertiary alicyclic amines) is 1. The summed E-state index contributed by atoms with van der Waals surface area (Å²) in [7, 11) is 0. The van der Waals surface area contributed by atoms with E-state index in [-0.39, 0.29) is 5.41 Å². The predicted octanol–water partition coefficient (Wildman–Crippen LogP) is 3.24. The second-order valence-electron chi connectivity index (χ2n) is 8.66. The largest absolute Gasteiger partial charge is 0.366 e. The van der Waals surface area contributed by atoms with Crippen LogP contribution in [0.15, 0.2) is 12.1 Å².